The van der Waals surface area contributed by atoms with Crippen LogP contribution < -0.4 is 4.90 Å². The number of fused-ring (bicyclic) bond motifs is 9. The van der Waals surface area contributed by atoms with Gasteiger partial charge in [-0.1, -0.05) is 202 Å². The monoisotopic (exact) mass is 763 g/mol. The van der Waals surface area contributed by atoms with Crippen molar-refractivity contribution in [2.45, 2.75) is 19.3 Å². The fourth-order valence-electron chi connectivity index (χ4n) is 10.5. The molecule has 0 saturated heterocycles. The van der Waals surface area contributed by atoms with E-state index in [1.165, 1.54) is 111 Å². The first-order valence-corrected chi connectivity index (χ1v) is 21.0. The smallest absolute Gasteiger partial charge is 0.0625 e. The highest BCUT2D eigenvalue weighted by Crippen LogP contribution is 2.65. The second-order valence-corrected chi connectivity index (χ2v) is 16.8. The zero-order valence-corrected chi connectivity index (χ0v) is 33.7. The number of hydrogen-bond acceptors (Lipinski definition) is 1. The summed E-state index contributed by atoms with van der Waals surface area (Å²) in [5, 5.41) is 5.00. The first-order valence-electron chi connectivity index (χ1n) is 21.0. The van der Waals surface area contributed by atoms with Crippen molar-refractivity contribution in [2.75, 3.05) is 4.90 Å². The lowest BCUT2D eigenvalue weighted by Gasteiger charge is -2.39. The minimum atomic E-state index is -0.230. The lowest BCUT2D eigenvalue weighted by atomic mass is 9.69. The summed E-state index contributed by atoms with van der Waals surface area (Å²) in [6.07, 6.45) is 0. The van der Waals surface area contributed by atoms with Crippen molar-refractivity contribution in [3.63, 3.8) is 0 Å². The standard InChI is InChI=1S/C59H41N/c1-59(2)50-31-17-16-27-45(50)48-30-18-32-51(57(48)59)60(43-35-33-39(34-36-43)38-19-6-3-7-20-38)58-44-26-13-12-25-42(44)37-49-54-52(40-21-8-4-9-22-40)46-28-14-15-29-47(46)53(56(54)55(49)58)41-23-10-5-11-24-41/h3-37H,1-2H3. The molecule has 0 N–H and O–H groups in total. The second-order valence-electron chi connectivity index (χ2n) is 16.8. The molecule has 60 heavy (non-hydrogen) atoms. The van der Waals surface area contributed by atoms with Crippen molar-refractivity contribution >= 4 is 38.6 Å². The summed E-state index contributed by atoms with van der Waals surface area (Å²) in [4.78, 5) is 2.61. The number of rotatable bonds is 6. The van der Waals surface area contributed by atoms with Crippen molar-refractivity contribution in [3.8, 4) is 66.8 Å². The van der Waals surface area contributed by atoms with E-state index < -0.39 is 0 Å². The van der Waals surface area contributed by atoms with E-state index in [2.05, 4.69) is 231 Å². The van der Waals surface area contributed by atoms with Crippen LogP contribution in [0.15, 0.2) is 212 Å². The van der Waals surface area contributed by atoms with Crippen LogP contribution in [0.2, 0.25) is 0 Å². The van der Waals surface area contributed by atoms with Crippen molar-refractivity contribution in [3.05, 3.63) is 223 Å². The molecule has 0 atom stereocenters. The Bertz CT molecular complexity index is 3310. The summed E-state index contributed by atoms with van der Waals surface area (Å²) in [5.41, 5.74) is 21.4. The van der Waals surface area contributed by atoms with Gasteiger partial charge in [-0.3, -0.25) is 0 Å². The van der Waals surface area contributed by atoms with E-state index >= 15 is 0 Å². The molecule has 12 rings (SSSR count). The third kappa shape index (κ3) is 4.99. The van der Waals surface area contributed by atoms with Gasteiger partial charge in [0.05, 0.1) is 11.4 Å². The first kappa shape index (κ1) is 34.6. The molecule has 0 amide bonds. The Kier molecular flexibility index (Phi) is 7.65. The van der Waals surface area contributed by atoms with Gasteiger partial charge in [0.1, 0.15) is 0 Å². The third-order valence-electron chi connectivity index (χ3n) is 13.1. The van der Waals surface area contributed by atoms with E-state index in [1.807, 2.05) is 0 Å². The Morgan fingerprint density at radius 2 is 0.867 bits per heavy atom. The van der Waals surface area contributed by atoms with Crippen LogP contribution in [0.3, 0.4) is 0 Å². The summed E-state index contributed by atoms with van der Waals surface area (Å²) in [7, 11) is 0. The summed E-state index contributed by atoms with van der Waals surface area (Å²) in [6, 6.07) is 78.5. The Labute approximate surface area is 351 Å². The van der Waals surface area contributed by atoms with Gasteiger partial charge >= 0.3 is 0 Å². The summed E-state index contributed by atoms with van der Waals surface area (Å²) >= 11 is 0. The van der Waals surface area contributed by atoms with E-state index in [9.17, 15) is 0 Å². The number of anilines is 3. The van der Waals surface area contributed by atoms with Gasteiger partial charge in [0.15, 0.2) is 0 Å². The van der Waals surface area contributed by atoms with Gasteiger partial charge in [0.25, 0.3) is 0 Å². The highest BCUT2D eigenvalue weighted by Gasteiger charge is 2.41. The van der Waals surface area contributed by atoms with Gasteiger partial charge < -0.3 is 4.90 Å². The Morgan fingerprint density at radius 1 is 0.350 bits per heavy atom. The van der Waals surface area contributed by atoms with E-state index in [4.69, 9.17) is 0 Å². The number of nitrogens with zero attached hydrogens (tertiary/aromatic N) is 1. The Morgan fingerprint density at radius 3 is 1.53 bits per heavy atom. The van der Waals surface area contributed by atoms with Crippen molar-refractivity contribution in [1.82, 2.24) is 0 Å². The predicted octanol–water partition coefficient (Wildman–Crippen LogP) is 16.4. The van der Waals surface area contributed by atoms with E-state index in [1.54, 1.807) is 0 Å². The zero-order chi connectivity index (χ0) is 40.0. The third-order valence-corrected chi connectivity index (χ3v) is 13.1. The molecule has 1 heteroatoms. The largest absolute Gasteiger partial charge is 0.309 e. The number of hydrogen-bond donors (Lipinski definition) is 0. The maximum atomic E-state index is 2.61. The van der Waals surface area contributed by atoms with Crippen LogP contribution in [0.5, 0.6) is 0 Å². The molecule has 0 heterocycles. The molecule has 10 aromatic carbocycles. The Balaban J connectivity index is 1.22. The van der Waals surface area contributed by atoms with Crippen molar-refractivity contribution in [2.24, 2.45) is 0 Å². The molecule has 0 unspecified atom stereocenters. The van der Waals surface area contributed by atoms with Crippen LogP contribution in [-0.4, -0.2) is 0 Å². The van der Waals surface area contributed by atoms with Gasteiger partial charge in [0.2, 0.25) is 0 Å². The van der Waals surface area contributed by atoms with Gasteiger partial charge in [-0.2, -0.15) is 0 Å². The van der Waals surface area contributed by atoms with Gasteiger partial charge in [0, 0.05) is 27.6 Å². The summed E-state index contributed by atoms with van der Waals surface area (Å²) in [6.45, 7) is 4.81. The highest BCUT2D eigenvalue weighted by atomic mass is 15.2. The molecule has 0 fully saturated rings. The summed E-state index contributed by atoms with van der Waals surface area (Å²) < 4.78 is 0. The molecule has 0 radical (unpaired) electrons. The number of benzene rings is 10. The van der Waals surface area contributed by atoms with E-state index in [0.29, 0.717) is 0 Å². The molecule has 1 nitrogen and oxygen atoms in total. The fourth-order valence-corrected chi connectivity index (χ4v) is 10.5. The SMILES string of the molecule is CC1(C)c2ccccc2-c2cccc(N(c3ccc(-c4ccccc4)cc3)c3c4c(cc5ccccc35)-c3c-4c(-c4ccccc4)c4ccccc4c3-c3ccccc3)c21. The molecule has 10 aromatic rings. The lowest BCUT2D eigenvalue weighted by molar-refractivity contribution is 0.661. The average molecular weight is 764 g/mol. The molecule has 0 aromatic heterocycles. The quantitative estimate of drug-likeness (QED) is 0.163. The topological polar surface area (TPSA) is 3.24 Å². The van der Waals surface area contributed by atoms with Crippen molar-refractivity contribution in [1.29, 1.82) is 0 Å². The molecule has 0 bridgehead atoms. The second kappa shape index (κ2) is 13.3. The molecule has 282 valence electrons. The van der Waals surface area contributed by atoms with Crippen LogP contribution >= 0.6 is 0 Å². The molecule has 0 spiro atoms. The Hall–Kier alpha value is -7.48. The zero-order valence-electron chi connectivity index (χ0n) is 33.7. The van der Waals surface area contributed by atoms with Crippen LogP contribution in [0.4, 0.5) is 17.1 Å². The van der Waals surface area contributed by atoms with Gasteiger partial charge in [-0.25, -0.2) is 0 Å². The maximum absolute atomic E-state index is 2.61. The molecule has 2 aliphatic rings. The minimum absolute atomic E-state index is 0.230. The molecule has 0 aliphatic heterocycles. The lowest BCUT2D eigenvalue weighted by Crippen LogP contribution is -2.22. The first-order chi connectivity index (χ1) is 29.6. The van der Waals surface area contributed by atoms with Gasteiger partial charge in [-0.15, -0.1) is 0 Å². The fraction of sp³-hybridized carbons (Fsp3) is 0.0508. The van der Waals surface area contributed by atoms with E-state index in [0.717, 1.165) is 5.69 Å². The van der Waals surface area contributed by atoms with E-state index in [-0.39, 0.29) is 5.41 Å². The average Bonchev–Trinajstić information content (AvgIpc) is 3.55. The highest BCUT2D eigenvalue weighted by molar-refractivity contribution is 6.30. The molecular formula is C59H41N. The van der Waals surface area contributed by atoms with Crippen LogP contribution in [0, 0.1) is 0 Å². The van der Waals surface area contributed by atoms with Crippen LogP contribution in [-0.2, 0) is 5.41 Å². The predicted molar refractivity (Wildman–Crippen MR) is 254 cm³/mol. The molecule has 2 aliphatic carbocycles. The minimum Gasteiger partial charge on any atom is -0.309 e. The maximum Gasteiger partial charge on any atom is 0.0625 e. The van der Waals surface area contributed by atoms with Crippen LogP contribution in [0.25, 0.3) is 88.3 Å². The van der Waals surface area contributed by atoms with Crippen LogP contribution in [0.1, 0.15) is 25.0 Å². The molecular weight excluding hydrogens is 723 g/mol. The van der Waals surface area contributed by atoms with Gasteiger partial charge in [-0.05, 0) is 107 Å². The van der Waals surface area contributed by atoms with Crippen molar-refractivity contribution < 1.29 is 0 Å². The summed E-state index contributed by atoms with van der Waals surface area (Å²) in [5.74, 6) is 0. The normalized spacial score (nSPS) is 13.0. The molecule has 0 saturated carbocycles.